The van der Waals surface area contributed by atoms with Gasteiger partial charge in [-0.3, -0.25) is 0 Å². The first-order chi connectivity index (χ1) is 9.25. The summed E-state index contributed by atoms with van der Waals surface area (Å²) in [6.45, 7) is -0.742. The first-order valence-corrected chi connectivity index (χ1v) is 6.40. The Morgan fingerprint density at radius 2 is 1.71 bits per heavy atom. The quantitative estimate of drug-likeness (QED) is 0.802. The summed E-state index contributed by atoms with van der Waals surface area (Å²) in [6, 6.07) is 0.0911. The Balaban J connectivity index is 3.66. The molecule has 13 heteroatoms. The van der Waals surface area contributed by atoms with Crippen LogP contribution in [0, 0.1) is 0 Å². The second-order valence-corrected chi connectivity index (χ2v) is 5.08. The summed E-state index contributed by atoms with van der Waals surface area (Å²) in [6.07, 6.45) is -10.8. The zero-order chi connectivity index (χ0) is 16.6. The van der Waals surface area contributed by atoms with Crippen LogP contribution in [0.5, 0.6) is 5.88 Å². The van der Waals surface area contributed by atoms with Crippen molar-refractivity contribution in [1.82, 2.24) is 4.98 Å². The van der Waals surface area contributed by atoms with E-state index < -0.39 is 51.1 Å². The van der Waals surface area contributed by atoms with E-state index in [0.29, 0.717) is 0 Å². The molecule has 0 aliphatic heterocycles. The number of nitrogens with zero attached hydrogens (tertiary/aromatic N) is 1. The Morgan fingerprint density at radius 1 is 1.19 bits per heavy atom. The summed E-state index contributed by atoms with van der Waals surface area (Å²) in [4.78, 5) is 2.71. The highest BCUT2D eigenvalue weighted by atomic mass is 32.2. The Hall–Kier alpha value is -1.60. The SMILES string of the molecule is NCc1cc(C(F)(F)F)c(OC(F)(F)F)nc1S(N)(=O)=O. The molecule has 0 unspecified atom stereocenters. The lowest BCUT2D eigenvalue weighted by Gasteiger charge is -2.16. The van der Waals surface area contributed by atoms with Crippen molar-refractivity contribution in [1.29, 1.82) is 0 Å². The van der Waals surface area contributed by atoms with Crippen LogP contribution < -0.4 is 15.6 Å². The zero-order valence-corrected chi connectivity index (χ0v) is 10.6. The molecule has 0 aliphatic carbocycles. The van der Waals surface area contributed by atoms with Crippen molar-refractivity contribution in [3.63, 3.8) is 0 Å². The highest BCUT2D eigenvalue weighted by Gasteiger charge is 2.41. The third-order valence-electron chi connectivity index (χ3n) is 2.03. The van der Waals surface area contributed by atoms with Gasteiger partial charge in [-0.2, -0.15) is 18.2 Å². The number of halogens is 6. The lowest BCUT2D eigenvalue weighted by Crippen LogP contribution is -2.25. The van der Waals surface area contributed by atoms with Gasteiger partial charge in [0, 0.05) is 12.1 Å². The number of aromatic nitrogens is 1. The van der Waals surface area contributed by atoms with Crippen molar-refractivity contribution >= 4 is 10.0 Å². The van der Waals surface area contributed by atoms with Crippen LogP contribution in [-0.2, 0) is 22.7 Å². The molecule has 1 rings (SSSR count). The molecule has 1 heterocycles. The lowest BCUT2D eigenvalue weighted by atomic mass is 10.2. The smallest absolute Gasteiger partial charge is 0.387 e. The van der Waals surface area contributed by atoms with E-state index in [-0.39, 0.29) is 6.07 Å². The standard InChI is InChI=1S/C8H7F6N3O3S/c9-7(10,11)4-1-3(2-15)6(21(16,18)19)17-5(4)20-8(12,13)14/h1H,2,15H2,(H2,16,18,19). The van der Waals surface area contributed by atoms with E-state index in [1.54, 1.807) is 0 Å². The number of nitrogens with two attached hydrogens (primary N) is 2. The predicted molar refractivity (Wildman–Crippen MR) is 55.2 cm³/mol. The summed E-state index contributed by atoms with van der Waals surface area (Å²) in [5.41, 5.74) is 2.43. The average molecular weight is 339 g/mol. The maximum absolute atomic E-state index is 12.7. The van der Waals surface area contributed by atoms with Crippen molar-refractivity contribution < 1.29 is 39.5 Å². The highest BCUT2D eigenvalue weighted by molar-refractivity contribution is 7.89. The number of hydrogen-bond donors (Lipinski definition) is 2. The van der Waals surface area contributed by atoms with Crippen LogP contribution in [0.3, 0.4) is 0 Å². The maximum Gasteiger partial charge on any atom is 0.574 e. The van der Waals surface area contributed by atoms with Crippen LogP contribution in [0.1, 0.15) is 11.1 Å². The molecule has 0 saturated carbocycles. The van der Waals surface area contributed by atoms with Crippen LogP contribution in [0.2, 0.25) is 0 Å². The molecule has 1 aromatic rings. The minimum Gasteiger partial charge on any atom is -0.387 e. The van der Waals surface area contributed by atoms with E-state index in [1.807, 2.05) is 0 Å². The molecule has 0 aliphatic rings. The van der Waals surface area contributed by atoms with Gasteiger partial charge >= 0.3 is 12.5 Å². The molecule has 4 N–H and O–H groups in total. The average Bonchev–Trinajstić information content (AvgIpc) is 2.23. The minimum absolute atomic E-state index is 0.0911. The van der Waals surface area contributed by atoms with Crippen LogP contribution >= 0.6 is 0 Å². The van der Waals surface area contributed by atoms with Crippen LogP contribution in [0.4, 0.5) is 26.3 Å². The molecule has 0 saturated heterocycles. The minimum atomic E-state index is -5.51. The van der Waals surface area contributed by atoms with Crippen molar-refractivity contribution in [2.75, 3.05) is 0 Å². The number of ether oxygens (including phenoxy) is 1. The van der Waals surface area contributed by atoms with E-state index in [9.17, 15) is 34.8 Å². The fourth-order valence-corrected chi connectivity index (χ4v) is 2.02. The first kappa shape index (κ1) is 17.5. The number of hydrogen-bond acceptors (Lipinski definition) is 5. The maximum atomic E-state index is 12.7. The molecule has 0 spiro atoms. The number of pyridine rings is 1. The van der Waals surface area contributed by atoms with Crippen molar-refractivity contribution in [3.8, 4) is 5.88 Å². The van der Waals surface area contributed by atoms with Crippen LogP contribution in [0.15, 0.2) is 11.1 Å². The Morgan fingerprint density at radius 3 is 2.05 bits per heavy atom. The summed E-state index contributed by atoms with van der Waals surface area (Å²) in [5, 5.41) is 3.44. The van der Waals surface area contributed by atoms with Gasteiger partial charge in [-0.15, -0.1) is 13.2 Å². The highest BCUT2D eigenvalue weighted by Crippen LogP contribution is 2.38. The van der Waals surface area contributed by atoms with Gasteiger partial charge in [0.15, 0.2) is 5.03 Å². The van der Waals surface area contributed by atoms with Crippen LogP contribution in [-0.4, -0.2) is 19.8 Å². The monoisotopic (exact) mass is 339 g/mol. The Kier molecular flexibility index (Phi) is 4.41. The molecule has 0 atom stereocenters. The van der Waals surface area contributed by atoms with Gasteiger partial charge in [-0.1, -0.05) is 0 Å². The molecule has 0 aromatic carbocycles. The van der Waals surface area contributed by atoms with Gasteiger partial charge in [0.25, 0.3) is 10.0 Å². The summed E-state index contributed by atoms with van der Waals surface area (Å²) < 4.78 is 99.6. The number of rotatable bonds is 3. The first-order valence-electron chi connectivity index (χ1n) is 4.85. The Labute approximate surface area is 113 Å². The molecular weight excluding hydrogens is 332 g/mol. The van der Waals surface area contributed by atoms with E-state index in [1.165, 1.54) is 0 Å². The largest absolute Gasteiger partial charge is 0.574 e. The van der Waals surface area contributed by atoms with E-state index in [0.717, 1.165) is 0 Å². The molecule has 0 amide bonds. The normalized spacial score (nSPS) is 13.3. The summed E-state index contributed by atoms with van der Waals surface area (Å²) in [7, 11) is -4.69. The van der Waals surface area contributed by atoms with Gasteiger partial charge in [0.05, 0.1) is 0 Å². The Bertz CT molecular complexity index is 640. The second-order valence-electron chi connectivity index (χ2n) is 3.60. The fraction of sp³-hybridized carbons (Fsp3) is 0.375. The van der Waals surface area contributed by atoms with Gasteiger partial charge in [-0.05, 0) is 6.07 Å². The molecular formula is C8H7F6N3O3S. The molecule has 21 heavy (non-hydrogen) atoms. The third-order valence-corrected chi connectivity index (χ3v) is 2.93. The van der Waals surface area contributed by atoms with E-state index in [2.05, 4.69) is 14.9 Å². The zero-order valence-electron chi connectivity index (χ0n) is 9.79. The van der Waals surface area contributed by atoms with Gasteiger partial charge in [0.1, 0.15) is 5.56 Å². The number of sulfonamides is 1. The number of alkyl halides is 6. The molecule has 0 fully saturated rings. The molecule has 0 bridgehead atoms. The van der Waals surface area contributed by atoms with Crippen molar-refractivity contribution in [3.05, 3.63) is 17.2 Å². The van der Waals surface area contributed by atoms with Crippen molar-refractivity contribution in [2.45, 2.75) is 24.1 Å². The van der Waals surface area contributed by atoms with Gasteiger partial charge < -0.3 is 10.5 Å². The summed E-state index contributed by atoms with van der Waals surface area (Å²) >= 11 is 0. The second kappa shape index (κ2) is 5.31. The number of primary sulfonamides is 1. The molecule has 120 valence electrons. The van der Waals surface area contributed by atoms with Crippen molar-refractivity contribution in [2.24, 2.45) is 10.9 Å². The van der Waals surface area contributed by atoms with Gasteiger partial charge in [0.2, 0.25) is 5.88 Å². The van der Waals surface area contributed by atoms with E-state index in [4.69, 9.17) is 5.73 Å². The topological polar surface area (TPSA) is 108 Å². The van der Waals surface area contributed by atoms with Crippen LogP contribution in [0.25, 0.3) is 0 Å². The predicted octanol–water partition coefficient (Wildman–Crippen LogP) is 1.11. The fourth-order valence-electron chi connectivity index (χ4n) is 1.31. The van der Waals surface area contributed by atoms with Gasteiger partial charge in [-0.25, -0.2) is 13.6 Å². The lowest BCUT2D eigenvalue weighted by molar-refractivity contribution is -0.278. The summed E-state index contributed by atoms with van der Waals surface area (Å²) in [5.74, 6) is -1.98. The molecule has 0 radical (unpaired) electrons. The molecule has 1 aromatic heterocycles. The van der Waals surface area contributed by atoms with E-state index >= 15 is 0 Å². The third kappa shape index (κ3) is 4.44. The molecule has 6 nitrogen and oxygen atoms in total.